The predicted octanol–water partition coefficient (Wildman–Crippen LogP) is 7.82. The molecule has 166 valence electrons. The van der Waals surface area contributed by atoms with E-state index in [2.05, 4.69) is 86.6 Å². The number of hydrogen-bond donors (Lipinski definition) is 0. The summed E-state index contributed by atoms with van der Waals surface area (Å²) in [7, 11) is 0. The second-order valence-corrected chi connectivity index (χ2v) is 9.73. The minimum absolute atomic E-state index is 0.0155. The van der Waals surface area contributed by atoms with Crippen molar-refractivity contribution >= 4 is 21.8 Å². The average Bonchev–Trinajstić information content (AvgIpc) is 3.14. The van der Waals surface area contributed by atoms with Crippen molar-refractivity contribution in [2.45, 2.75) is 19.3 Å². The number of benzene rings is 4. The molecule has 7 rings (SSSR count). The number of hydrogen-bond acceptors (Lipinski definition) is 3. The van der Waals surface area contributed by atoms with Crippen molar-refractivity contribution < 1.29 is 0 Å². The van der Waals surface area contributed by atoms with Gasteiger partial charge in [-0.25, -0.2) is 15.0 Å². The molecule has 35 heavy (non-hydrogen) atoms. The molecule has 3 nitrogen and oxygen atoms in total. The van der Waals surface area contributed by atoms with Crippen LogP contribution in [0, 0.1) is 0 Å². The summed E-state index contributed by atoms with van der Waals surface area (Å²) < 4.78 is 0. The van der Waals surface area contributed by atoms with Gasteiger partial charge < -0.3 is 0 Å². The molecule has 1 aliphatic carbocycles. The second kappa shape index (κ2) is 7.31. The molecule has 0 N–H and O–H groups in total. The van der Waals surface area contributed by atoms with Gasteiger partial charge in [0.25, 0.3) is 0 Å². The molecule has 0 fully saturated rings. The average molecular weight is 450 g/mol. The monoisotopic (exact) mass is 449 g/mol. The highest BCUT2D eigenvalue weighted by atomic mass is 14.9. The standard InChI is InChI=1S/C32H23N3/c1-32(2)25-12-6-4-10-22(25)24-19-21(15-17-26(24)32)30-23-11-5-8-14-28(23)34-31(35-30)29-18-16-20-9-3-7-13-27(20)33-29/h3-19H,1-2H3. The predicted molar refractivity (Wildman–Crippen MR) is 143 cm³/mol. The number of rotatable bonds is 2. The number of pyridine rings is 1. The van der Waals surface area contributed by atoms with Crippen molar-refractivity contribution in [1.29, 1.82) is 0 Å². The first kappa shape index (κ1) is 20.0. The maximum absolute atomic E-state index is 5.09. The highest BCUT2D eigenvalue weighted by molar-refractivity contribution is 5.95. The van der Waals surface area contributed by atoms with E-state index < -0.39 is 0 Å². The molecule has 0 unspecified atom stereocenters. The molecule has 1 aliphatic rings. The Morgan fingerprint density at radius 1 is 0.571 bits per heavy atom. The van der Waals surface area contributed by atoms with E-state index in [0.29, 0.717) is 5.82 Å². The highest BCUT2D eigenvalue weighted by Gasteiger charge is 2.35. The molecular weight excluding hydrogens is 426 g/mol. The van der Waals surface area contributed by atoms with Gasteiger partial charge in [-0.2, -0.15) is 0 Å². The Kier molecular flexibility index (Phi) is 4.19. The van der Waals surface area contributed by atoms with E-state index in [9.17, 15) is 0 Å². The van der Waals surface area contributed by atoms with Crippen molar-refractivity contribution in [1.82, 2.24) is 15.0 Å². The summed E-state index contributed by atoms with van der Waals surface area (Å²) >= 11 is 0. The van der Waals surface area contributed by atoms with Gasteiger partial charge in [-0.3, -0.25) is 0 Å². The lowest BCUT2D eigenvalue weighted by atomic mass is 9.82. The maximum Gasteiger partial charge on any atom is 0.179 e. The normalized spacial score (nSPS) is 13.7. The molecule has 2 aromatic heterocycles. The largest absolute Gasteiger partial charge is 0.244 e. The first-order valence-corrected chi connectivity index (χ1v) is 12.0. The van der Waals surface area contributed by atoms with Gasteiger partial charge in [0, 0.05) is 21.8 Å². The Hall–Kier alpha value is -4.37. The molecule has 0 spiro atoms. The van der Waals surface area contributed by atoms with Crippen LogP contribution in [0.4, 0.5) is 0 Å². The first-order chi connectivity index (χ1) is 17.1. The smallest absolute Gasteiger partial charge is 0.179 e. The van der Waals surface area contributed by atoms with Crippen LogP contribution in [0.15, 0.2) is 103 Å². The molecule has 2 heterocycles. The number of para-hydroxylation sites is 2. The van der Waals surface area contributed by atoms with E-state index in [1.165, 1.54) is 22.3 Å². The summed E-state index contributed by atoms with van der Waals surface area (Å²) in [5.74, 6) is 0.644. The lowest BCUT2D eigenvalue weighted by Crippen LogP contribution is -2.14. The first-order valence-electron chi connectivity index (χ1n) is 12.0. The molecule has 0 bridgehead atoms. The lowest BCUT2D eigenvalue weighted by Gasteiger charge is -2.21. The number of fused-ring (bicyclic) bond motifs is 5. The quantitative estimate of drug-likeness (QED) is 0.270. The van der Waals surface area contributed by atoms with Crippen molar-refractivity contribution in [3.63, 3.8) is 0 Å². The van der Waals surface area contributed by atoms with E-state index in [4.69, 9.17) is 15.0 Å². The summed E-state index contributed by atoms with van der Waals surface area (Å²) in [5, 5.41) is 2.15. The molecule has 0 amide bonds. The maximum atomic E-state index is 5.09. The zero-order valence-electron chi connectivity index (χ0n) is 19.7. The number of aromatic nitrogens is 3. The van der Waals surface area contributed by atoms with Crippen LogP contribution in [0.1, 0.15) is 25.0 Å². The molecule has 0 atom stereocenters. The molecule has 0 aliphatic heterocycles. The van der Waals surface area contributed by atoms with Crippen molar-refractivity contribution in [3.8, 4) is 33.9 Å². The topological polar surface area (TPSA) is 38.7 Å². The Labute approximate surface area is 204 Å². The summed E-state index contributed by atoms with van der Waals surface area (Å²) in [6.45, 7) is 4.61. The van der Waals surface area contributed by atoms with E-state index >= 15 is 0 Å². The molecular formula is C32H23N3. The summed E-state index contributed by atoms with van der Waals surface area (Å²) in [6, 6.07) is 36.0. The summed E-state index contributed by atoms with van der Waals surface area (Å²) in [6.07, 6.45) is 0. The Morgan fingerprint density at radius 2 is 1.31 bits per heavy atom. The van der Waals surface area contributed by atoms with Crippen molar-refractivity contribution in [3.05, 3.63) is 114 Å². The van der Waals surface area contributed by atoms with Gasteiger partial charge in [-0.1, -0.05) is 92.7 Å². The zero-order chi connectivity index (χ0) is 23.6. The van der Waals surface area contributed by atoms with Gasteiger partial charge in [0.2, 0.25) is 0 Å². The third-order valence-corrected chi connectivity index (χ3v) is 7.29. The molecule has 0 saturated carbocycles. The fourth-order valence-corrected chi connectivity index (χ4v) is 5.47. The third-order valence-electron chi connectivity index (χ3n) is 7.29. The van der Waals surface area contributed by atoms with Crippen LogP contribution >= 0.6 is 0 Å². The van der Waals surface area contributed by atoms with Crippen LogP contribution in [-0.4, -0.2) is 15.0 Å². The van der Waals surface area contributed by atoms with Crippen molar-refractivity contribution in [2.24, 2.45) is 0 Å². The Balaban J connectivity index is 1.46. The fourth-order valence-electron chi connectivity index (χ4n) is 5.47. The third kappa shape index (κ3) is 3.01. The highest BCUT2D eigenvalue weighted by Crippen LogP contribution is 2.49. The molecule has 3 heteroatoms. The molecule has 0 saturated heterocycles. The van der Waals surface area contributed by atoms with Gasteiger partial charge in [-0.15, -0.1) is 0 Å². The molecule has 0 radical (unpaired) electrons. The molecule has 6 aromatic rings. The fraction of sp³-hybridized carbons (Fsp3) is 0.0938. The van der Waals surface area contributed by atoms with Gasteiger partial charge in [-0.05, 0) is 46.5 Å². The SMILES string of the molecule is CC1(C)c2ccccc2-c2cc(-c3nc(-c4ccc5ccccc5n4)nc4ccccc34)ccc21. The minimum Gasteiger partial charge on any atom is -0.244 e. The lowest BCUT2D eigenvalue weighted by molar-refractivity contribution is 0.660. The summed E-state index contributed by atoms with van der Waals surface area (Å²) in [4.78, 5) is 14.9. The van der Waals surface area contributed by atoms with Crippen LogP contribution in [-0.2, 0) is 5.41 Å². The van der Waals surface area contributed by atoms with E-state index in [0.717, 1.165) is 38.8 Å². The van der Waals surface area contributed by atoms with Crippen LogP contribution < -0.4 is 0 Å². The zero-order valence-corrected chi connectivity index (χ0v) is 19.7. The minimum atomic E-state index is -0.0155. The van der Waals surface area contributed by atoms with E-state index in [1.54, 1.807) is 0 Å². The van der Waals surface area contributed by atoms with Crippen LogP contribution in [0.5, 0.6) is 0 Å². The van der Waals surface area contributed by atoms with Gasteiger partial charge in [0.1, 0.15) is 5.69 Å². The number of nitrogens with zero attached hydrogens (tertiary/aromatic N) is 3. The molecule has 4 aromatic carbocycles. The summed E-state index contributed by atoms with van der Waals surface area (Å²) in [5.41, 5.74) is 9.99. The van der Waals surface area contributed by atoms with Gasteiger partial charge in [0.15, 0.2) is 5.82 Å². The van der Waals surface area contributed by atoms with E-state index in [-0.39, 0.29) is 5.41 Å². The Morgan fingerprint density at radius 3 is 2.23 bits per heavy atom. The second-order valence-electron chi connectivity index (χ2n) is 9.73. The van der Waals surface area contributed by atoms with E-state index in [1.807, 2.05) is 30.3 Å². The van der Waals surface area contributed by atoms with Gasteiger partial charge >= 0.3 is 0 Å². The van der Waals surface area contributed by atoms with Crippen molar-refractivity contribution in [2.75, 3.05) is 0 Å². The van der Waals surface area contributed by atoms with Crippen LogP contribution in [0.3, 0.4) is 0 Å². The Bertz CT molecular complexity index is 1780. The van der Waals surface area contributed by atoms with Gasteiger partial charge in [0.05, 0.1) is 16.7 Å². The van der Waals surface area contributed by atoms with Crippen LogP contribution in [0.2, 0.25) is 0 Å². The van der Waals surface area contributed by atoms with Crippen LogP contribution in [0.25, 0.3) is 55.7 Å².